The molecule has 3 heterocycles. The van der Waals surface area contributed by atoms with Crippen LogP contribution in [0.2, 0.25) is 0 Å². The van der Waals surface area contributed by atoms with E-state index in [9.17, 15) is 22.8 Å². The van der Waals surface area contributed by atoms with Gasteiger partial charge < -0.3 is 5.32 Å². The minimum atomic E-state index is -4.53. The van der Waals surface area contributed by atoms with Gasteiger partial charge in [0.1, 0.15) is 12.2 Å². The molecule has 0 aromatic carbocycles. The largest absolute Gasteiger partial charge is 0.435 e. The number of Topliss-reactive ketones (excluding diaryl/α,β-unsaturated/α-hetero) is 1. The third kappa shape index (κ3) is 4.01. The van der Waals surface area contributed by atoms with Gasteiger partial charge >= 0.3 is 6.18 Å². The molecule has 1 N–H and O–H groups in total. The number of nitrogens with one attached hydrogen (secondary N) is 1. The highest BCUT2D eigenvalue weighted by atomic mass is 32.1. The fourth-order valence-corrected chi connectivity index (χ4v) is 3.91. The van der Waals surface area contributed by atoms with Gasteiger partial charge in [0.2, 0.25) is 0 Å². The Balaban J connectivity index is 1.68. The van der Waals surface area contributed by atoms with E-state index in [2.05, 4.69) is 15.4 Å². The fraction of sp³-hybridized carbons (Fsp3) is 0.500. The van der Waals surface area contributed by atoms with Gasteiger partial charge in [0.15, 0.2) is 17.8 Å². The van der Waals surface area contributed by atoms with E-state index in [-0.39, 0.29) is 23.9 Å². The van der Waals surface area contributed by atoms with Crippen LogP contribution in [0.3, 0.4) is 0 Å². The lowest BCUT2D eigenvalue weighted by atomic mass is 9.91. The molecule has 3 rings (SSSR count). The monoisotopic (exact) mass is 386 g/mol. The summed E-state index contributed by atoms with van der Waals surface area (Å²) in [6.07, 6.45) is -2.57. The third-order valence-corrected chi connectivity index (χ3v) is 5.40. The molecule has 1 aliphatic heterocycles. The first-order valence-corrected chi connectivity index (χ1v) is 8.94. The molecule has 2 aromatic rings. The number of piperidine rings is 1. The van der Waals surface area contributed by atoms with Gasteiger partial charge in [0.05, 0.1) is 11.0 Å². The van der Waals surface area contributed by atoms with Crippen LogP contribution in [0.5, 0.6) is 0 Å². The van der Waals surface area contributed by atoms with Crippen molar-refractivity contribution in [3.63, 3.8) is 0 Å². The van der Waals surface area contributed by atoms with Crippen molar-refractivity contribution in [2.45, 2.75) is 44.4 Å². The van der Waals surface area contributed by atoms with Gasteiger partial charge in [-0.3, -0.25) is 14.3 Å². The average Bonchev–Trinajstić information content (AvgIpc) is 3.22. The summed E-state index contributed by atoms with van der Waals surface area (Å²) in [5.74, 6) is -0.171. The Morgan fingerprint density at radius 2 is 2.27 bits per heavy atom. The van der Waals surface area contributed by atoms with Gasteiger partial charge in [-0.15, -0.1) is 11.3 Å². The zero-order chi connectivity index (χ0) is 18.9. The summed E-state index contributed by atoms with van der Waals surface area (Å²) in [6.45, 7) is 1.87. The van der Waals surface area contributed by atoms with Crippen LogP contribution in [-0.4, -0.2) is 39.4 Å². The summed E-state index contributed by atoms with van der Waals surface area (Å²) in [7, 11) is 0. The number of hydrogen-bond donors (Lipinski definition) is 1. The molecule has 2 aromatic heterocycles. The molecular weight excluding hydrogens is 369 g/mol. The van der Waals surface area contributed by atoms with Crippen LogP contribution in [-0.2, 0) is 17.5 Å². The van der Waals surface area contributed by atoms with Crippen LogP contribution >= 0.6 is 11.3 Å². The van der Waals surface area contributed by atoms with E-state index in [0.717, 1.165) is 22.2 Å². The number of alkyl halides is 3. The topological polar surface area (TPSA) is 76.9 Å². The van der Waals surface area contributed by atoms with Gasteiger partial charge in [-0.1, -0.05) is 0 Å². The maximum atomic E-state index is 12.7. The van der Waals surface area contributed by atoms with Crippen LogP contribution < -0.4 is 5.32 Å². The van der Waals surface area contributed by atoms with E-state index in [1.54, 1.807) is 5.38 Å². The molecule has 6 nitrogen and oxygen atoms in total. The summed E-state index contributed by atoms with van der Waals surface area (Å²) in [5.41, 5.74) is -0.340. The van der Waals surface area contributed by atoms with Crippen LogP contribution in [0.4, 0.5) is 13.2 Å². The number of carbonyl (C=O) groups excluding carboxylic acids is 2. The molecule has 0 spiro atoms. The van der Waals surface area contributed by atoms with Gasteiger partial charge in [-0.2, -0.15) is 18.3 Å². The maximum Gasteiger partial charge on any atom is 0.435 e. The van der Waals surface area contributed by atoms with Crippen LogP contribution in [0.15, 0.2) is 11.4 Å². The van der Waals surface area contributed by atoms with Gasteiger partial charge in [-0.25, -0.2) is 4.98 Å². The Bertz CT molecular complexity index is 815. The van der Waals surface area contributed by atoms with Crippen molar-refractivity contribution in [3.05, 3.63) is 33.5 Å². The highest BCUT2D eigenvalue weighted by Gasteiger charge is 2.35. The number of aryl methyl sites for hydroxylation is 1. The Kier molecular flexibility index (Phi) is 5.24. The van der Waals surface area contributed by atoms with Crippen molar-refractivity contribution in [1.29, 1.82) is 0 Å². The Morgan fingerprint density at radius 3 is 2.88 bits per heavy atom. The smallest absolute Gasteiger partial charge is 0.307 e. The van der Waals surface area contributed by atoms with E-state index in [1.807, 2.05) is 0 Å². The van der Waals surface area contributed by atoms with Crippen molar-refractivity contribution < 1.29 is 22.8 Å². The number of carbonyl (C=O) groups is 2. The standard InChI is InChI=1S/C16H17F3N4O2S/c1-9-4-14(16(17,18)19)22-23(9)6-13(25)12-5-10(2-3-20-12)15-21-11(7-24)8-26-15/h4,7-8,10,12,20H,2-3,5-6H2,1H3. The van der Waals surface area contributed by atoms with E-state index in [1.165, 1.54) is 18.3 Å². The van der Waals surface area contributed by atoms with Crippen molar-refractivity contribution >= 4 is 23.4 Å². The second kappa shape index (κ2) is 7.28. The molecule has 2 atom stereocenters. The molecule has 0 bridgehead atoms. The van der Waals surface area contributed by atoms with Crippen LogP contribution in [0, 0.1) is 6.92 Å². The van der Waals surface area contributed by atoms with E-state index < -0.39 is 17.9 Å². The Morgan fingerprint density at radius 1 is 1.50 bits per heavy atom. The van der Waals surface area contributed by atoms with Crippen molar-refractivity contribution in [3.8, 4) is 0 Å². The van der Waals surface area contributed by atoms with Crippen molar-refractivity contribution in [2.24, 2.45) is 0 Å². The molecule has 140 valence electrons. The number of ketones is 1. The molecule has 26 heavy (non-hydrogen) atoms. The van der Waals surface area contributed by atoms with Gasteiger partial charge in [0, 0.05) is 17.0 Å². The average molecular weight is 386 g/mol. The lowest BCUT2D eigenvalue weighted by Gasteiger charge is -2.28. The third-order valence-electron chi connectivity index (χ3n) is 4.38. The summed E-state index contributed by atoms with van der Waals surface area (Å²) < 4.78 is 39.3. The Hall–Kier alpha value is -2.07. The number of halogens is 3. The molecule has 2 unspecified atom stereocenters. The second-order valence-electron chi connectivity index (χ2n) is 6.25. The van der Waals surface area contributed by atoms with Crippen LogP contribution in [0.25, 0.3) is 0 Å². The summed E-state index contributed by atoms with van der Waals surface area (Å²) >= 11 is 1.38. The molecule has 10 heteroatoms. The minimum absolute atomic E-state index is 0.0494. The van der Waals surface area contributed by atoms with Crippen molar-refractivity contribution in [2.75, 3.05) is 6.54 Å². The van der Waals surface area contributed by atoms with Gasteiger partial charge in [0.25, 0.3) is 0 Å². The highest BCUT2D eigenvalue weighted by molar-refractivity contribution is 7.09. The summed E-state index contributed by atoms with van der Waals surface area (Å²) in [6, 6.07) is 0.455. The first-order valence-electron chi connectivity index (χ1n) is 8.06. The maximum absolute atomic E-state index is 12.7. The molecule has 0 radical (unpaired) electrons. The normalized spacial score (nSPS) is 20.9. The number of thiazole rings is 1. The molecule has 1 aliphatic rings. The van der Waals surface area contributed by atoms with E-state index in [0.29, 0.717) is 24.9 Å². The van der Waals surface area contributed by atoms with E-state index in [4.69, 9.17) is 0 Å². The lowest BCUT2D eigenvalue weighted by Crippen LogP contribution is -2.44. The number of rotatable bonds is 5. The second-order valence-corrected chi connectivity index (χ2v) is 7.14. The van der Waals surface area contributed by atoms with Crippen LogP contribution in [0.1, 0.15) is 45.6 Å². The molecule has 1 fully saturated rings. The molecule has 0 amide bonds. The molecule has 0 aliphatic carbocycles. The molecular formula is C16H17F3N4O2S. The minimum Gasteiger partial charge on any atom is -0.307 e. The Labute approximate surface area is 151 Å². The predicted molar refractivity (Wildman–Crippen MR) is 88.2 cm³/mol. The SMILES string of the molecule is Cc1cc(C(F)(F)F)nn1CC(=O)C1CC(c2nc(C=O)cs2)CCN1. The molecule has 1 saturated heterocycles. The lowest BCUT2D eigenvalue weighted by molar-refractivity contribution is -0.141. The first kappa shape index (κ1) is 18.7. The fourth-order valence-electron chi connectivity index (χ4n) is 3.00. The first-order chi connectivity index (χ1) is 12.3. The number of aromatic nitrogens is 3. The van der Waals surface area contributed by atoms with Crippen molar-refractivity contribution in [1.82, 2.24) is 20.1 Å². The molecule has 0 saturated carbocycles. The quantitative estimate of drug-likeness (QED) is 0.800. The number of aldehydes is 1. The zero-order valence-corrected chi connectivity index (χ0v) is 14.7. The van der Waals surface area contributed by atoms with Gasteiger partial charge in [-0.05, 0) is 32.4 Å². The predicted octanol–water partition coefficient (Wildman–Crippen LogP) is 2.58. The summed E-state index contributed by atoms with van der Waals surface area (Å²) in [5, 5.41) is 9.09. The summed E-state index contributed by atoms with van der Waals surface area (Å²) in [4.78, 5) is 27.6. The number of hydrogen-bond acceptors (Lipinski definition) is 6. The van der Waals surface area contributed by atoms with E-state index >= 15 is 0 Å². The number of nitrogens with zero attached hydrogens (tertiary/aromatic N) is 3. The highest BCUT2D eigenvalue weighted by Crippen LogP contribution is 2.31. The zero-order valence-electron chi connectivity index (χ0n) is 13.9.